The molecule has 1 aliphatic heterocycles. The van der Waals surface area contributed by atoms with Gasteiger partial charge in [-0.3, -0.25) is 4.79 Å². The van der Waals surface area contributed by atoms with E-state index in [0.717, 1.165) is 12.0 Å². The first-order chi connectivity index (χ1) is 11.0. The van der Waals surface area contributed by atoms with Gasteiger partial charge in [0.2, 0.25) is 5.91 Å². The summed E-state index contributed by atoms with van der Waals surface area (Å²) in [6, 6.07) is 6.28. The number of nitrogens with zero attached hydrogens (tertiary/aromatic N) is 2. The Morgan fingerprint density at radius 1 is 1.52 bits per heavy atom. The summed E-state index contributed by atoms with van der Waals surface area (Å²) in [5.74, 6) is -0.0864. The van der Waals surface area contributed by atoms with Crippen LogP contribution in [0.1, 0.15) is 19.0 Å². The maximum Gasteiger partial charge on any atom is 0.228 e. The molecule has 1 aliphatic rings. The summed E-state index contributed by atoms with van der Waals surface area (Å²) in [5.41, 5.74) is 1.41. The number of thiazole rings is 1. The van der Waals surface area contributed by atoms with E-state index in [1.54, 1.807) is 17.0 Å². The van der Waals surface area contributed by atoms with Gasteiger partial charge >= 0.3 is 0 Å². The third kappa shape index (κ3) is 3.76. The van der Waals surface area contributed by atoms with Crippen LogP contribution < -0.4 is 0 Å². The first kappa shape index (κ1) is 16.1. The van der Waals surface area contributed by atoms with E-state index in [-0.39, 0.29) is 24.1 Å². The van der Waals surface area contributed by atoms with Gasteiger partial charge in [0.05, 0.1) is 18.2 Å². The van der Waals surface area contributed by atoms with E-state index in [9.17, 15) is 14.3 Å². The number of amides is 1. The number of hydrogen-bond acceptors (Lipinski definition) is 4. The van der Waals surface area contributed by atoms with Gasteiger partial charge in [-0.25, -0.2) is 9.37 Å². The molecule has 1 saturated heterocycles. The zero-order valence-corrected chi connectivity index (χ0v) is 13.7. The minimum atomic E-state index is -0.453. The standard InChI is InChI=1S/C17H19FN2O2S/c1-11-5-6-20(9-15(11)21)16(22)8-14-10-23-17(19-14)12-3-2-4-13(18)7-12/h2-4,7,10-11,15,21H,5-6,8-9H2,1H3. The maximum absolute atomic E-state index is 13.3. The molecule has 1 N–H and O–H groups in total. The van der Waals surface area contributed by atoms with Crippen molar-refractivity contribution in [3.8, 4) is 10.6 Å². The van der Waals surface area contributed by atoms with E-state index in [1.165, 1.54) is 23.5 Å². The molecule has 2 unspecified atom stereocenters. The molecule has 1 aromatic heterocycles. The van der Waals surface area contributed by atoms with Crippen molar-refractivity contribution in [2.75, 3.05) is 13.1 Å². The molecule has 1 aromatic carbocycles. The number of rotatable bonds is 3. The van der Waals surface area contributed by atoms with E-state index >= 15 is 0 Å². The lowest BCUT2D eigenvalue weighted by Gasteiger charge is -2.34. The third-order valence-corrected chi connectivity index (χ3v) is 5.17. The topological polar surface area (TPSA) is 53.4 Å². The molecular weight excluding hydrogens is 315 g/mol. The second kappa shape index (κ2) is 6.76. The smallest absolute Gasteiger partial charge is 0.228 e. The molecule has 1 amide bonds. The zero-order chi connectivity index (χ0) is 16.4. The Morgan fingerprint density at radius 3 is 3.09 bits per heavy atom. The Kier molecular flexibility index (Phi) is 4.73. The fourth-order valence-electron chi connectivity index (χ4n) is 2.68. The molecule has 4 nitrogen and oxygen atoms in total. The monoisotopic (exact) mass is 334 g/mol. The molecule has 0 bridgehead atoms. The Hall–Kier alpha value is -1.79. The summed E-state index contributed by atoms with van der Waals surface area (Å²) in [4.78, 5) is 18.5. The van der Waals surface area contributed by atoms with E-state index in [0.29, 0.717) is 23.8 Å². The van der Waals surface area contributed by atoms with Gasteiger partial charge in [-0.1, -0.05) is 19.1 Å². The van der Waals surface area contributed by atoms with Crippen molar-refractivity contribution in [2.45, 2.75) is 25.9 Å². The van der Waals surface area contributed by atoms with Gasteiger partial charge in [-0.05, 0) is 24.5 Å². The summed E-state index contributed by atoms with van der Waals surface area (Å²) < 4.78 is 13.3. The lowest BCUT2D eigenvalue weighted by molar-refractivity contribution is -0.134. The van der Waals surface area contributed by atoms with E-state index in [4.69, 9.17) is 0 Å². The number of aliphatic hydroxyl groups excluding tert-OH is 1. The number of β-amino-alcohol motifs (C(OH)–C–C–N with tert-alkyl or cyclic N) is 1. The zero-order valence-electron chi connectivity index (χ0n) is 12.9. The van der Waals surface area contributed by atoms with Crippen molar-refractivity contribution < 1.29 is 14.3 Å². The minimum Gasteiger partial charge on any atom is -0.391 e. The molecule has 0 spiro atoms. The van der Waals surface area contributed by atoms with E-state index < -0.39 is 6.10 Å². The van der Waals surface area contributed by atoms with Gasteiger partial charge in [0.15, 0.2) is 0 Å². The van der Waals surface area contributed by atoms with Crippen LogP contribution in [-0.2, 0) is 11.2 Å². The molecule has 0 saturated carbocycles. The van der Waals surface area contributed by atoms with Crippen LogP contribution in [-0.4, -0.2) is 40.1 Å². The SMILES string of the molecule is CC1CCN(C(=O)Cc2csc(-c3cccc(F)c3)n2)CC1O. The van der Waals surface area contributed by atoms with Crippen LogP contribution in [0.25, 0.3) is 10.6 Å². The summed E-state index contributed by atoms with van der Waals surface area (Å²) in [6.07, 6.45) is 0.580. The van der Waals surface area contributed by atoms with Crippen LogP contribution in [0.3, 0.4) is 0 Å². The number of aromatic nitrogens is 1. The minimum absolute atomic E-state index is 0.0213. The second-order valence-corrected chi connectivity index (χ2v) is 6.86. The van der Waals surface area contributed by atoms with Crippen LogP contribution in [0.4, 0.5) is 4.39 Å². The molecule has 122 valence electrons. The molecule has 0 radical (unpaired) electrons. The maximum atomic E-state index is 13.3. The number of carbonyl (C=O) groups excluding carboxylic acids is 1. The van der Waals surface area contributed by atoms with Gasteiger partial charge in [-0.2, -0.15) is 0 Å². The number of hydrogen-bond donors (Lipinski definition) is 1. The van der Waals surface area contributed by atoms with Crippen LogP contribution >= 0.6 is 11.3 Å². The Bertz CT molecular complexity index is 703. The van der Waals surface area contributed by atoms with Crippen molar-refractivity contribution in [1.82, 2.24) is 9.88 Å². The molecular formula is C17H19FN2O2S. The van der Waals surface area contributed by atoms with Crippen molar-refractivity contribution in [2.24, 2.45) is 5.92 Å². The summed E-state index contributed by atoms with van der Waals surface area (Å²) >= 11 is 1.40. The van der Waals surface area contributed by atoms with Crippen molar-refractivity contribution >= 4 is 17.2 Å². The molecule has 2 heterocycles. The number of halogens is 1. The normalized spacial score (nSPS) is 21.4. The van der Waals surface area contributed by atoms with Crippen LogP contribution in [0, 0.1) is 11.7 Å². The highest BCUT2D eigenvalue weighted by Gasteiger charge is 2.27. The van der Waals surface area contributed by atoms with Gasteiger partial charge < -0.3 is 10.0 Å². The number of likely N-dealkylation sites (tertiary alicyclic amines) is 1. The Morgan fingerprint density at radius 2 is 2.35 bits per heavy atom. The molecule has 1 fully saturated rings. The van der Waals surface area contributed by atoms with Gasteiger partial charge in [0, 0.05) is 24.0 Å². The van der Waals surface area contributed by atoms with Crippen molar-refractivity contribution in [1.29, 1.82) is 0 Å². The summed E-state index contributed by atoms with van der Waals surface area (Å²) in [5, 5.41) is 12.4. The molecule has 0 aliphatic carbocycles. The quantitative estimate of drug-likeness (QED) is 0.939. The van der Waals surface area contributed by atoms with Gasteiger partial charge in [0.1, 0.15) is 10.8 Å². The molecule has 3 rings (SSSR count). The number of benzene rings is 1. The Balaban J connectivity index is 1.66. The highest BCUT2D eigenvalue weighted by atomic mass is 32.1. The van der Waals surface area contributed by atoms with Crippen LogP contribution in [0.5, 0.6) is 0 Å². The number of aliphatic hydroxyl groups is 1. The first-order valence-corrected chi connectivity index (χ1v) is 8.57. The van der Waals surface area contributed by atoms with E-state index in [1.807, 2.05) is 12.3 Å². The van der Waals surface area contributed by atoms with Crippen LogP contribution in [0.15, 0.2) is 29.6 Å². The summed E-state index contributed by atoms with van der Waals surface area (Å²) in [7, 11) is 0. The lowest BCUT2D eigenvalue weighted by Crippen LogP contribution is -2.46. The van der Waals surface area contributed by atoms with Gasteiger partial charge in [-0.15, -0.1) is 11.3 Å². The predicted molar refractivity (Wildman–Crippen MR) is 87.6 cm³/mol. The molecule has 2 aromatic rings. The largest absolute Gasteiger partial charge is 0.391 e. The predicted octanol–water partition coefficient (Wildman–Crippen LogP) is 2.72. The first-order valence-electron chi connectivity index (χ1n) is 7.69. The number of carbonyl (C=O) groups is 1. The fraction of sp³-hybridized carbons (Fsp3) is 0.412. The highest BCUT2D eigenvalue weighted by Crippen LogP contribution is 2.25. The highest BCUT2D eigenvalue weighted by molar-refractivity contribution is 7.13. The van der Waals surface area contributed by atoms with E-state index in [2.05, 4.69) is 4.98 Å². The number of piperidine rings is 1. The van der Waals surface area contributed by atoms with Crippen molar-refractivity contribution in [3.05, 3.63) is 41.2 Å². The fourth-order valence-corrected chi connectivity index (χ4v) is 3.50. The lowest BCUT2D eigenvalue weighted by atomic mass is 9.96. The van der Waals surface area contributed by atoms with Crippen molar-refractivity contribution in [3.63, 3.8) is 0 Å². The average Bonchev–Trinajstić information content (AvgIpc) is 2.98. The Labute approximate surface area is 138 Å². The second-order valence-electron chi connectivity index (χ2n) is 6.00. The van der Waals surface area contributed by atoms with Crippen LogP contribution in [0.2, 0.25) is 0 Å². The van der Waals surface area contributed by atoms with Gasteiger partial charge in [0.25, 0.3) is 0 Å². The summed E-state index contributed by atoms with van der Waals surface area (Å²) in [6.45, 7) is 3.07. The molecule has 23 heavy (non-hydrogen) atoms. The molecule has 6 heteroatoms. The third-order valence-electron chi connectivity index (χ3n) is 4.23. The average molecular weight is 334 g/mol. The molecule has 2 atom stereocenters.